The average Bonchev–Trinajstić information content (AvgIpc) is 2.60. The van der Waals surface area contributed by atoms with Gasteiger partial charge < -0.3 is 5.11 Å². The molecular weight excluding hydrogens is 212 g/mol. The number of aliphatic hydroxyl groups excluding tert-OH is 1. The molecule has 0 heterocycles. The van der Waals surface area contributed by atoms with E-state index in [1.807, 2.05) is 6.08 Å². The highest BCUT2D eigenvalue weighted by Crippen LogP contribution is 2.73. The van der Waals surface area contributed by atoms with Crippen LogP contribution in [-0.4, -0.2) is 17.0 Å². The maximum atomic E-state index is 11.9. The van der Waals surface area contributed by atoms with Crippen LogP contribution in [0.15, 0.2) is 11.6 Å². The summed E-state index contributed by atoms with van der Waals surface area (Å²) in [5, 5.41) is 10.3. The van der Waals surface area contributed by atoms with Crippen LogP contribution in [0.4, 0.5) is 0 Å². The van der Waals surface area contributed by atoms with E-state index in [1.165, 1.54) is 5.57 Å². The summed E-state index contributed by atoms with van der Waals surface area (Å²) in [6.45, 7) is 8.80. The SMILES string of the molecule is CC1(C)C2=CC(=O)CC(C)(C)C23CC1[C@H](O)C3. The molecule has 17 heavy (non-hydrogen) atoms. The first-order valence-corrected chi connectivity index (χ1v) is 6.64. The summed E-state index contributed by atoms with van der Waals surface area (Å²) in [7, 11) is 0. The van der Waals surface area contributed by atoms with Gasteiger partial charge in [-0.2, -0.15) is 0 Å². The Morgan fingerprint density at radius 3 is 2.53 bits per heavy atom. The van der Waals surface area contributed by atoms with Crippen molar-refractivity contribution in [1.82, 2.24) is 0 Å². The zero-order valence-corrected chi connectivity index (χ0v) is 11.2. The third kappa shape index (κ3) is 1.13. The molecular formula is C15H22O2. The van der Waals surface area contributed by atoms with Gasteiger partial charge in [0, 0.05) is 11.8 Å². The molecule has 0 aromatic rings. The van der Waals surface area contributed by atoms with E-state index in [-0.39, 0.29) is 28.1 Å². The van der Waals surface area contributed by atoms with E-state index in [9.17, 15) is 9.90 Å². The first-order valence-electron chi connectivity index (χ1n) is 6.64. The van der Waals surface area contributed by atoms with Gasteiger partial charge in [0.05, 0.1) is 6.10 Å². The van der Waals surface area contributed by atoms with E-state index in [0.29, 0.717) is 12.3 Å². The van der Waals surface area contributed by atoms with E-state index < -0.39 is 0 Å². The highest BCUT2D eigenvalue weighted by molar-refractivity contribution is 5.93. The maximum absolute atomic E-state index is 11.9. The number of rotatable bonds is 0. The molecule has 0 saturated heterocycles. The first kappa shape index (κ1) is 11.5. The topological polar surface area (TPSA) is 37.3 Å². The molecule has 1 N–H and O–H groups in total. The quantitative estimate of drug-likeness (QED) is 0.699. The van der Waals surface area contributed by atoms with Gasteiger partial charge in [-0.1, -0.05) is 33.3 Å². The van der Waals surface area contributed by atoms with Gasteiger partial charge in [0.2, 0.25) is 0 Å². The van der Waals surface area contributed by atoms with Crippen LogP contribution in [0.5, 0.6) is 0 Å². The fourth-order valence-electron chi connectivity index (χ4n) is 4.92. The van der Waals surface area contributed by atoms with E-state index >= 15 is 0 Å². The number of hydrogen-bond acceptors (Lipinski definition) is 2. The number of carbonyl (C=O) groups excluding carboxylic acids is 1. The Hall–Kier alpha value is -0.630. The number of allylic oxidation sites excluding steroid dienone is 2. The van der Waals surface area contributed by atoms with E-state index in [2.05, 4.69) is 27.7 Å². The molecule has 0 aliphatic heterocycles. The van der Waals surface area contributed by atoms with Gasteiger partial charge in [-0.25, -0.2) is 0 Å². The Balaban J connectivity index is 2.22. The molecule has 2 bridgehead atoms. The molecule has 2 heteroatoms. The Morgan fingerprint density at radius 1 is 1.24 bits per heavy atom. The number of carbonyl (C=O) groups is 1. The Kier molecular flexibility index (Phi) is 1.92. The summed E-state index contributed by atoms with van der Waals surface area (Å²) >= 11 is 0. The van der Waals surface area contributed by atoms with Crippen molar-refractivity contribution < 1.29 is 9.90 Å². The summed E-state index contributed by atoms with van der Waals surface area (Å²) in [6, 6.07) is 0. The van der Waals surface area contributed by atoms with Gasteiger partial charge in [-0.15, -0.1) is 0 Å². The Morgan fingerprint density at radius 2 is 1.88 bits per heavy atom. The zero-order chi connectivity index (χ0) is 12.6. The van der Waals surface area contributed by atoms with Gasteiger partial charge in [0.25, 0.3) is 0 Å². The number of fused-ring (bicyclic) bond motifs is 1. The lowest BCUT2D eigenvalue weighted by Gasteiger charge is -2.51. The normalized spacial score (nSPS) is 45.7. The molecule has 1 spiro atoms. The lowest BCUT2D eigenvalue weighted by Crippen LogP contribution is -2.46. The van der Waals surface area contributed by atoms with Crippen LogP contribution in [-0.2, 0) is 4.79 Å². The van der Waals surface area contributed by atoms with Crippen LogP contribution in [0.2, 0.25) is 0 Å². The van der Waals surface area contributed by atoms with Crippen molar-refractivity contribution in [3.8, 4) is 0 Å². The minimum Gasteiger partial charge on any atom is -0.393 e. The summed E-state index contributed by atoms with van der Waals surface area (Å²) in [4.78, 5) is 11.9. The molecule has 3 rings (SSSR count). The molecule has 0 radical (unpaired) electrons. The molecule has 2 unspecified atom stereocenters. The van der Waals surface area contributed by atoms with Crippen LogP contribution in [0.3, 0.4) is 0 Å². The fourth-order valence-corrected chi connectivity index (χ4v) is 4.92. The highest BCUT2D eigenvalue weighted by Gasteiger charge is 2.68. The molecule has 0 aromatic heterocycles. The second-order valence-corrected chi connectivity index (χ2v) is 7.47. The monoisotopic (exact) mass is 234 g/mol. The molecule has 3 aliphatic rings. The first-order chi connectivity index (χ1) is 7.71. The second-order valence-electron chi connectivity index (χ2n) is 7.47. The second kappa shape index (κ2) is 2.85. The summed E-state index contributed by atoms with van der Waals surface area (Å²) in [5.74, 6) is 0.602. The van der Waals surface area contributed by atoms with Gasteiger partial charge >= 0.3 is 0 Å². The number of ketones is 1. The molecule has 3 atom stereocenters. The highest BCUT2D eigenvalue weighted by atomic mass is 16.3. The third-order valence-corrected chi connectivity index (χ3v) is 5.94. The van der Waals surface area contributed by atoms with Crippen molar-refractivity contribution in [3.63, 3.8) is 0 Å². The van der Waals surface area contributed by atoms with Crippen LogP contribution >= 0.6 is 0 Å². The third-order valence-electron chi connectivity index (χ3n) is 5.94. The van der Waals surface area contributed by atoms with Crippen LogP contribution in [0.1, 0.15) is 47.0 Å². The summed E-state index contributed by atoms with van der Waals surface area (Å²) in [6.07, 6.45) is 4.26. The lowest BCUT2D eigenvalue weighted by atomic mass is 9.53. The Bertz CT molecular complexity index is 430. The van der Waals surface area contributed by atoms with E-state index in [0.717, 1.165) is 12.8 Å². The predicted molar refractivity (Wildman–Crippen MR) is 66.4 cm³/mol. The minimum atomic E-state index is -0.186. The number of aliphatic hydroxyl groups is 1. The van der Waals surface area contributed by atoms with Gasteiger partial charge in [0.1, 0.15) is 0 Å². The van der Waals surface area contributed by atoms with Crippen molar-refractivity contribution in [2.45, 2.75) is 53.1 Å². The van der Waals surface area contributed by atoms with Crippen molar-refractivity contribution in [2.24, 2.45) is 22.2 Å². The fraction of sp³-hybridized carbons (Fsp3) is 0.800. The average molecular weight is 234 g/mol. The smallest absolute Gasteiger partial charge is 0.156 e. The van der Waals surface area contributed by atoms with Crippen molar-refractivity contribution in [3.05, 3.63) is 11.6 Å². The predicted octanol–water partition coefficient (Wildman–Crippen LogP) is 2.71. The van der Waals surface area contributed by atoms with Crippen molar-refractivity contribution in [1.29, 1.82) is 0 Å². The standard InChI is InChI=1S/C15H22O2/c1-13(2)6-9(16)5-12-14(3,4)10-7-15(12,13)8-11(10)17/h5,10-11,17H,6-8H2,1-4H3/t10?,11-,15?/m1/s1. The van der Waals surface area contributed by atoms with Crippen LogP contribution in [0, 0.1) is 22.2 Å². The minimum absolute atomic E-state index is 0.00231. The molecule has 2 fully saturated rings. The lowest BCUT2D eigenvalue weighted by molar-refractivity contribution is -0.120. The largest absolute Gasteiger partial charge is 0.393 e. The van der Waals surface area contributed by atoms with Crippen LogP contribution < -0.4 is 0 Å². The zero-order valence-electron chi connectivity index (χ0n) is 11.2. The molecule has 94 valence electrons. The molecule has 0 amide bonds. The van der Waals surface area contributed by atoms with E-state index in [1.54, 1.807) is 0 Å². The molecule has 3 aliphatic carbocycles. The summed E-state index contributed by atoms with van der Waals surface area (Å²) in [5.41, 5.74) is 1.39. The van der Waals surface area contributed by atoms with E-state index in [4.69, 9.17) is 0 Å². The van der Waals surface area contributed by atoms with Crippen LogP contribution in [0.25, 0.3) is 0 Å². The van der Waals surface area contributed by atoms with Crippen molar-refractivity contribution in [2.75, 3.05) is 0 Å². The molecule has 2 nitrogen and oxygen atoms in total. The summed E-state index contributed by atoms with van der Waals surface area (Å²) < 4.78 is 0. The van der Waals surface area contributed by atoms with Gasteiger partial charge in [0.15, 0.2) is 5.78 Å². The maximum Gasteiger partial charge on any atom is 0.156 e. The van der Waals surface area contributed by atoms with Gasteiger partial charge in [-0.05, 0) is 35.7 Å². The number of hydrogen-bond donors (Lipinski definition) is 1. The van der Waals surface area contributed by atoms with Crippen molar-refractivity contribution >= 4 is 5.78 Å². The van der Waals surface area contributed by atoms with Gasteiger partial charge in [-0.3, -0.25) is 4.79 Å². The molecule has 2 saturated carbocycles. The Labute approximate surface area is 103 Å². The molecule has 0 aromatic carbocycles.